The predicted octanol–water partition coefficient (Wildman–Crippen LogP) is 1.70. The predicted molar refractivity (Wildman–Crippen MR) is 119 cm³/mol. The number of likely N-dealkylation sites (N-methyl/N-ethyl adjacent to an activating group) is 1. The Hall–Kier alpha value is -2.85. The summed E-state index contributed by atoms with van der Waals surface area (Å²) < 4.78 is 39.1. The SMILES string of the molecule is CCN(Cc1ccc2c(c1)OCCO2)C(=O)Cn1cc(S(=O)(=O)N(CC)CC)ccc1=O. The van der Waals surface area contributed by atoms with Gasteiger partial charge in [-0.05, 0) is 30.7 Å². The third-order valence-corrected chi connectivity index (χ3v) is 7.35. The zero-order valence-electron chi connectivity index (χ0n) is 18.6. The second kappa shape index (κ2) is 10.2. The van der Waals surface area contributed by atoms with Crippen LogP contribution in [0, 0.1) is 0 Å². The molecule has 1 aromatic carbocycles. The largest absolute Gasteiger partial charge is 0.486 e. The maximum Gasteiger partial charge on any atom is 0.251 e. The first kappa shape index (κ1) is 23.8. The van der Waals surface area contributed by atoms with Gasteiger partial charge in [0.1, 0.15) is 19.8 Å². The van der Waals surface area contributed by atoms with Crippen molar-refractivity contribution in [1.29, 1.82) is 0 Å². The first-order valence-electron chi connectivity index (χ1n) is 10.7. The summed E-state index contributed by atoms with van der Waals surface area (Å²) in [6.07, 6.45) is 1.24. The minimum absolute atomic E-state index is 0.0107. The molecule has 174 valence electrons. The Labute approximate surface area is 188 Å². The summed E-state index contributed by atoms with van der Waals surface area (Å²) in [5.74, 6) is 1.02. The van der Waals surface area contributed by atoms with E-state index in [2.05, 4.69) is 0 Å². The lowest BCUT2D eigenvalue weighted by atomic mass is 10.1. The second-order valence-electron chi connectivity index (χ2n) is 7.31. The highest BCUT2D eigenvalue weighted by atomic mass is 32.2. The lowest BCUT2D eigenvalue weighted by Crippen LogP contribution is -2.36. The normalized spacial score (nSPS) is 13.2. The van der Waals surface area contributed by atoms with Crippen LogP contribution >= 0.6 is 0 Å². The number of nitrogens with zero attached hydrogens (tertiary/aromatic N) is 3. The summed E-state index contributed by atoms with van der Waals surface area (Å²) in [7, 11) is -3.74. The van der Waals surface area contributed by atoms with Gasteiger partial charge in [0.2, 0.25) is 15.9 Å². The Bertz CT molecular complexity index is 1120. The van der Waals surface area contributed by atoms with E-state index in [9.17, 15) is 18.0 Å². The third-order valence-electron chi connectivity index (χ3n) is 5.32. The fourth-order valence-corrected chi connectivity index (χ4v) is 5.01. The van der Waals surface area contributed by atoms with Gasteiger partial charge < -0.3 is 18.9 Å². The van der Waals surface area contributed by atoms with E-state index in [0.29, 0.717) is 50.9 Å². The number of carbonyl (C=O) groups is 1. The van der Waals surface area contributed by atoms with Crippen molar-refractivity contribution in [1.82, 2.24) is 13.8 Å². The Kier molecular flexibility index (Phi) is 7.57. The van der Waals surface area contributed by atoms with Crippen molar-refractivity contribution in [3.05, 3.63) is 52.4 Å². The van der Waals surface area contributed by atoms with E-state index in [-0.39, 0.29) is 17.3 Å². The second-order valence-corrected chi connectivity index (χ2v) is 9.24. The van der Waals surface area contributed by atoms with Crippen molar-refractivity contribution in [3.8, 4) is 11.5 Å². The number of rotatable bonds is 9. The molecule has 1 amide bonds. The van der Waals surface area contributed by atoms with Crippen LogP contribution in [0.2, 0.25) is 0 Å². The molecule has 0 atom stereocenters. The van der Waals surface area contributed by atoms with Gasteiger partial charge in [0.15, 0.2) is 11.5 Å². The Morgan fingerprint density at radius 3 is 2.34 bits per heavy atom. The van der Waals surface area contributed by atoms with Crippen LogP contribution in [0.15, 0.2) is 46.2 Å². The van der Waals surface area contributed by atoms with Crippen molar-refractivity contribution >= 4 is 15.9 Å². The van der Waals surface area contributed by atoms with Crippen molar-refractivity contribution in [2.45, 2.75) is 38.8 Å². The molecule has 1 aliphatic heterocycles. The molecule has 2 aromatic rings. The van der Waals surface area contributed by atoms with Gasteiger partial charge in [-0.3, -0.25) is 9.59 Å². The molecule has 1 aromatic heterocycles. The summed E-state index contributed by atoms with van der Waals surface area (Å²) in [4.78, 5) is 26.9. The molecule has 10 heteroatoms. The molecule has 0 saturated carbocycles. The van der Waals surface area contributed by atoms with Crippen LogP contribution in [0.3, 0.4) is 0 Å². The first-order chi connectivity index (χ1) is 15.3. The number of aromatic nitrogens is 1. The molecule has 0 bridgehead atoms. The van der Waals surface area contributed by atoms with Crippen molar-refractivity contribution < 1.29 is 22.7 Å². The van der Waals surface area contributed by atoms with E-state index in [1.165, 1.54) is 22.6 Å². The van der Waals surface area contributed by atoms with E-state index in [0.717, 1.165) is 10.1 Å². The standard InChI is InChI=1S/C22H29N3O6S/c1-4-23(14-17-7-9-19-20(13-17)31-12-11-30-19)22(27)16-24-15-18(8-10-21(24)26)32(28,29)25(5-2)6-3/h7-10,13,15H,4-6,11-12,14,16H2,1-3H3. The Balaban J connectivity index is 1.78. The summed E-state index contributed by atoms with van der Waals surface area (Å²) in [6, 6.07) is 7.99. The maximum absolute atomic E-state index is 12.9. The fourth-order valence-electron chi connectivity index (χ4n) is 3.53. The van der Waals surface area contributed by atoms with Crippen LogP contribution in [0.1, 0.15) is 26.3 Å². The number of carbonyl (C=O) groups excluding carboxylic acids is 1. The van der Waals surface area contributed by atoms with Crippen LogP contribution in [-0.4, -0.2) is 60.9 Å². The molecule has 0 spiro atoms. The zero-order chi connectivity index (χ0) is 23.3. The lowest BCUT2D eigenvalue weighted by Gasteiger charge is -2.24. The van der Waals surface area contributed by atoms with Crippen molar-refractivity contribution in [3.63, 3.8) is 0 Å². The molecule has 0 aliphatic carbocycles. The van der Waals surface area contributed by atoms with Crippen molar-refractivity contribution in [2.24, 2.45) is 0 Å². The molecule has 9 nitrogen and oxygen atoms in total. The average molecular weight is 464 g/mol. The molecule has 0 N–H and O–H groups in total. The quantitative estimate of drug-likeness (QED) is 0.561. The Morgan fingerprint density at radius 2 is 1.69 bits per heavy atom. The number of hydrogen-bond donors (Lipinski definition) is 0. The van der Waals surface area contributed by atoms with E-state index >= 15 is 0 Å². The monoisotopic (exact) mass is 463 g/mol. The number of pyridine rings is 1. The molecule has 2 heterocycles. The average Bonchev–Trinajstić information content (AvgIpc) is 2.79. The fraction of sp³-hybridized carbons (Fsp3) is 0.455. The van der Waals surface area contributed by atoms with Gasteiger partial charge in [-0.1, -0.05) is 19.9 Å². The van der Waals surface area contributed by atoms with E-state index in [1.54, 1.807) is 18.7 Å². The summed E-state index contributed by atoms with van der Waals surface area (Å²) in [5.41, 5.74) is 0.432. The summed E-state index contributed by atoms with van der Waals surface area (Å²) in [5, 5.41) is 0. The minimum Gasteiger partial charge on any atom is -0.486 e. The molecule has 3 rings (SSSR count). The molecule has 0 fully saturated rings. The number of ether oxygens (including phenoxy) is 2. The first-order valence-corrected chi connectivity index (χ1v) is 12.1. The lowest BCUT2D eigenvalue weighted by molar-refractivity contribution is -0.132. The van der Waals surface area contributed by atoms with E-state index < -0.39 is 15.6 Å². The smallest absolute Gasteiger partial charge is 0.251 e. The van der Waals surface area contributed by atoms with Crippen LogP contribution in [0.5, 0.6) is 11.5 Å². The Morgan fingerprint density at radius 1 is 1.00 bits per heavy atom. The molecular formula is C22H29N3O6S. The topological polar surface area (TPSA) is 98.2 Å². The highest BCUT2D eigenvalue weighted by molar-refractivity contribution is 7.89. The van der Waals surface area contributed by atoms with Gasteiger partial charge in [-0.2, -0.15) is 4.31 Å². The highest BCUT2D eigenvalue weighted by Gasteiger charge is 2.23. The third kappa shape index (κ3) is 5.13. The highest BCUT2D eigenvalue weighted by Crippen LogP contribution is 2.31. The number of sulfonamides is 1. The van der Waals surface area contributed by atoms with E-state index in [4.69, 9.17) is 9.47 Å². The number of amides is 1. The zero-order valence-corrected chi connectivity index (χ0v) is 19.4. The van der Waals surface area contributed by atoms with E-state index in [1.807, 2.05) is 25.1 Å². The van der Waals surface area contributed by atoms with Crippen LogP contribution in [-0.2, 0) is 27.9 Å². The van der Waals surface area contributed by atoms with Crippen LogP contribution in [0.4, 0.5) is 0 Å². The minimum atomic E-state index is -3.74. The molecule has 0 saturated heterocycles. The van der Waals surface area contributed by atoms with Gasteiger partial charge in [0.05, 0.1) is 4.90 Å². The number of benzene rings is 1. The number of hydrogen-bond acceptors (Lipinski definition) is 6. The van der Waals surface area contributed by atoms with Crippen molar-refractivity contribution in [2.75, 3.05) is 32.8 Å². The molecule has 1 aliphatic rings. The van der Waals surface area contributed by atoms with Gasteiger partial charge in [0.25, 0.3) is 5.56 Å². The number of fused-ring (bicyclic) bond motifs is 1. The molecule has 0 radical (unpaired) electrons. The van der Waals surface area contributed by atoms with Gasteiger partial charge >= 0.3 is 0 Å². The molecule has 0 unspecified atom stereocenters. The summed E-state index contributed by atoms with van der Waals surface area (Å²) in [6.45, 7) is 7.46. The summed E-state index contributed by atoms with van der Waals surface area (Å²) >= 11 is 0. The maximum atomic E-state index is 12.9. The van der Waals surface area contributed by atoms with Crippen LogP contribution in [0.25, 0.3) is 0 Å². The van der Waals surface area contributed by atoms with Gasteiger partial charge in [-0.25, -0.2) is 8.42 Å². The molecule has 32 heavy (non-hydrogen) atoms. The van der Waals surface area contributed by atoms with Crippen LogP contribution < -0.4 is 15.0 Å². The van der Waals surface area contributed by atoms with Gasteiger partial charge in [0, 0.05) is 38.4 Å². The van der Waals surface area contributed by atoms with Gasteiger partial charge in [-0.15, -0.1) is 0 Å². The molecular weight excluding hydrogens is 434 g/mol.